The van der Waals surface area contributed by atoms with Gasteiger partial charge in [0.05, 0.1) is 37.2 Å². The van der Waals surface area contributed by atoms with Crippen LogP contribution in [0.4, 0.5) is 5.82 Å². The molecule has 0 radical (unpaired) electrons. The van der Waals surface area contributed by atoms with Gasteiger partial charge >= 0.3 is 0 Å². The summed E-state index contributed by atoms with van der Waals surface area (Å²) in [4.78, 5) is 37.2. The topological polar surface area (TPSA) is 102 Å². The molecule has 10 heteroatoms. The highest BCUT2D eigenvalue weighted by molar-refractivity contribution is 5.96. The van der Waals surface area contributed by atoms with Gasteiger partial charge in [-0.05, 0) is 71.6 Å². The summed E-state index contributed by atoms with van der Waals surface area (Å²) in [6, 6.07) is 1.94. The minimum absolute atomic E-state index is 0.0180. The first-order valence-electron chi connectivity index (χ1n) is 17.1. The lowest BCUT2D eigenvalue weighted by molar-refractivity contribution is -0.260. The predicted molar refractivity (Wildman–Crippen MR) is 175 cm³/mol. The number of hydrogen-bond acceptors (Lipinski definition) is 8. The van der Waals surface area contributed by atoms with Gasteiger partial charge in [-0.3, -0.25) is 19.4 Å². The highest BCUT2D eigenvalue weighted by Gasteiger charge is 2.44. The van der Waals surface area contributed by atoms with E-state index in [0.29, 0.717) is 44.5 Å². The van der Waals surface area contributed by atoms with Crippen LogP contribution < -0.4 is 15.0 Å². The van der Waals surface area contributed by atoms with Crippen LogP contribution in [0, 0.1) is 17.8 Å². The van der Waals surface area contributed by atoms with Gasteiger partial charge in [0, 0.05) is 50.7 Å². The number of likely N-dealkylation sites (tertiary alicyclic amines) is 1. The van der Waals surface area contributed by atoms with Crippen LogP contribution in [-0.2, 0) is 23.8 Å². The van der Waals surface area contributed by atoms with E-state index in [1.807, 2.05) is 49.8 Å². The van der Waals surface area contributed by atoms with E-state index in [4.69, 9.17) is 23.9 Å². The lowest BCUT2D eigenvalue weighted by Crippen LogP contribution is -2.57. The Kier molecular flexibility index (Phi) is 12.7. The minimum atomic E-state index is -0.689. The highest BCUT2D eigenvalue weighted by atomic mass is 16.7. The summed E-state index contributed by atoms with van der Waals surface area (Å²) in [5.41, 5.74) is 0.532. The summed E-state index contributed by atoms with van der Waals surface area (Å²) in [6.45, 7) is 14.1. The van der Waals surface area contributed by atoms with Crippen molar-refractivity contribution in [2.24, 2.45) is 17.8 Å². The first-order chi connectivity index (χ1) is 21.4. The molecule has 1 saturated heterocycles. The van der Waals surface area contributed by atoms with Crippen LogP contribution in [0.1, 0.15) is 104 Å². The number of methoxy groups -OCH3 is 2. The first-order valence-corrected chi connectivity index (χ1v) is 17.1. The normalized spacial score (nSPS) is 23.0. The molecule has 0 aromatic carbocycles. The molecule has 0 spiro atoms. The van der Waals surface area contributed by atoms with Crippen molar-refractivity contribution in [3.05, 3.63) is 17.8 Å². The highest BCUT2D eigenvalue weighted by Crippen LogP contribution is 2.38. The standard InChI is InChI=1S/C35H58N4O6/c1-9-44-22-29(24-13-11-10-12-14-24)37-32(40)25-17-26(21-38(20-25)34(43-8)45-35(4,5)6)33(41)39(27-15-16-27)31-18-30(42-7)28(19-36-31)23(2)3/h18-19,23-27,29,34H,9-17,20-22H2,1-8H3,(H,37,40)/t25-,26+,29+,34?/m0/s1. The second-order valence-electron chi connectivity index (χ2n) is 14.4. The van der Waals surface area contributed by atoms with Crippen LogP contribution in [0.25, 0.3) is 0 Å². The van der Waals surface area contributed by atoms with Gasteiger partial charge in [-0.1, -0.05) is 33.1 Å². The van der Waals surface area contributed by atoms with E-state index in [9.17, 15) is 9.59 Å². The zero-order valence-electron chi connectivity index (χ0n) is 29.0. The van der Waals surface area contributed by atoms with Gasteiger partial charge in [0.25, 0.3) is 0 Å². The van der Waals surface area contributed by atoms with E-state index < -0.39 is 23.9 Å². The third kappa shape index (κ3) is 9.62. The Morgan fingerprint density at radius 3 is 2.33 bits per heavy atom. The number of nitrogens with one attached hydrogen (secondary N) is 1. The number of nitrogens with zero attached hydrogens (tertiary/aromatic N) is 3. The molecule has 3 fully saturated rings. The molecule has 2 heterocycles. The van der Waals surface area contributed by atoms with E-state index >= 15 is 0 Å². The molecule has 45 heavy (non-hydrogen) atoms. The van der Waals surface area contributed by atoms with Gasteiger partial charge in [-0.25, -0.2) is 4.98 Å². The number of amides is 2. The Labute approximate surface area is 270 Å². The Bertz CT molecular complexity index is 1110. The second-order valence-corrected chi connectivity index (χ2v) is 14.4. The zero-order valence-corrected chi connectivity index (χ0v) is 29.0. The fourth-order valence-corrected chi connectivity index (χ4v) is 6.81. The largest absolute Gasteiger partial charge is 0.496 e. The predicted octanol–water partition coefficient (Wildman–Crippen LogP) is 5.49. The van der Waals surface area contributed by atoms with Gasteiger partial charge < -0.3 is 24.3 Å². The van der Waals surface area contributed by atoms with Crippen LogP contribution in [0.15, 0.2) is 12.3 Å². The summed E-state index contributed by atoms with van der Waals surface area (Å²) >= 11 is 0. The number of hydrogen-bond donors (Lipinski definition) is 1. The summed E-state index contributed by atoms with van der Waals surface area (Å²) < 4.78 is 23.7. The van der Waals surface area contributed by atoms with Crippen molar-refractivity contribution >= 4 is 17.6 Å². The third-order valence-electron chi connectivity index (χ3n) is 9.32. The quantitative estimate of drug-likeness (QED) is 0.269. The number of pyridine rings is 1. The van der Waals surface area contributed by atoms with Crippen molar-refractivity contribution < 1.29 is 28.5 Å². The summed E-state index contributed by atoms with van der Waals surface area (Å²) in [6.07, 6.45) is 9.26. The monoisotopic (exact) mass is 630 g/mol. The molecule has 254 valence electrons. The van der Waals surface area contributed by atoms with Crippen molar-refractivity contribution in [2.45, 2.75) is 123 Å². The van der Waals surface area contributed by atoms with E-state index in [1.165, 1.54) is 19.3 Å². The lowest BCUT2D eigenvalue weighted by atomic mass is 9.83. The molecule has 1 N–H and O–H groups in total. The minimum Gasteiger partial charge on any atom is -0.496 e. The van der Waals surface area contributed by atoms with Crippen molar-refractivity contribution in [1.82, 2.24) is 15.2 Å². The van der Waals surface area contributed by atoms with Crippen molar-refractivity contribution in [3.63, 3.8) is 0 Å². The average molecular weight is 631 g/mol. The van der Waals surface area contributed by atoms with Gasteiger partial charge in [0.1, 0.15) is 11.6 Å². The molecule has 2 saturated carbocycles. The van der Waals surface area contributed by atoms with Crippen molar-refractivity contribution in [2.75, 3.05) is 45.4 Å². The molecular weight excluding hydrogens is 572 g/mol. The van der Waals surface area contributed by atoms with Gasteiger partial charge in [0.2, 0.25) is 18.2 Å². The Balaban J connectivity index is 1.61. The number of carbonyl (C=O) groups is 2. The molecule has 2 aliphatic carbocycles. The molecule has 1 aromatic heterocycles. The SMILES string of the molecule is CCOC[C@@H](NC(=O)[C@H]1C[C@@H](C(=O)N(c2cc(OC)c(C(C)C)cn2)C2CC2)CN(C(OC)OC(C)(C)C)C1)C1CCCCC1. The third-order valence-corrected chi connectivity index (χ3v) is 9.32. The number of carbonyl (C=O) groups excluding carboxylic acids is 2. The molecule has 4 rings (SSSR count). The van der Waals surface area contributed by atoms with E-state index in [2.05, 4.69) is 19.2 Å². The van der Waals surface area contributed by atoms with Gasteiger partial charge in [-0.15, -0.1) is 0 Å². The van der Waals surface area contributed by atoms with Crippen LogP contribution in [0.3, 0.4) is 0 Å². The molecule has 3 aliphatic rings. The van der Waals surface area contributed by atoms with Crippen molar-refractivity contribution in [1.29, 1.82) is 0 Å². The number of ether oxygens (including phenoxy) is 4. The Morgan fingerprint density at radius 1 is 1.07 bits per heavy atom. The average Bonchev–Trinajstić information content (AvgIpc) is 3.86. The maximum atomic E-state index is 14.5. The van der Waals surface area contributed by atoms with Gasteiger partial charge in [0.15, 0.2) is 0 Å². The fourth-order valence-electron chi connectivity index (χ4n) is 6.81. The molecule has 4 atom stereocenters. The van der Waals surface area contributed by atoms with E-state index in [-0.39, 0.29) is 29.8 Å². The van der Waals surface area contributed by atoms with Crippen molar-refractivity contribution in [3.8, 4) is 5.75 Å². The maximum absolute atomic E-state index is 14.5. The van der Waals surface area contributed by atoms with Gasteiger partial charge in [-0.2, -0.15) is 0 Å². The van der Waals surface area contributed by atoms with Crippen LogP contribution in [0.5, 0.6) is 5.75 Å². The maximum Gasteiger partial charge on any atom is 0.232 e. The van der Waals surface area contributed by atoms with Crippen LogP contribution >= 0.6 is 0 Å². The fraction of sp³-hybridized carbons (Fsp3) is 0.800. The molecule has 1 unspecified atom stereocenters. The molecule has 1 aromatic rings. The molecule has 10 nitrogen and oxygen atoms in total. The van der Waals surface area contributed by atoms with Crippen LogP contribution in [0.2, 0.25) is 0 Å². The number of aromatic nitrogens is 1. The zero-order chi connectivity index (χ0) is 32.7. The van der Waals surface area contributed by atoms with Crippen LogP contribution in [-0.4, -0.2) is 86.3 Å². The summed E-state index contributed by atoms with van der Waals surface area (Å²) in [7, 11) is 3.27. The summed E-state index contributed by atoms with van der Waals surface area (Å²) in [5, 5.41) is 3.38. The molecule has 2 amide bonds. The summed E-state index contributed by atoms with van der Waals surface area (Å²) in [5.74, 6) is 1.09. The lowest BCUT2D eigenvalue weighted by Gasteiger charge is -2.43. The van der Waals surface area contributed by atoms with E-state index in [0.717, 1.165) is 37.0 Å². The molecule has 1 aliphatic heterocycles. The number of anilines is 1. The Hall–Kier alpha value is -2.27. The smallest absolute Gasteiger partial charge is 0.232 e. The molecular formula is C35H58N4O6. The first kappa shape index (κ1) is 35.6. The molecule has 0 bridgehead atoms. The second kappa shape index (κ2) is 16.0. The number of rotatable bonds is 14. The number of piperidine rings is 1. The van der Waals surface area contributed by atoms with E-state index in [1.54, 1.807) is 14.2 Å². The Morgan fingerprint density at radius 2 is 1.76 bits per heavy atom.